The Morgan fingerprint density at radius 1 is 1.56 bits per heavy atom. The Balaban J connectivity index is 2.03. The van der Waals surface area contributed by atoms with Gasteiger partial charge >= 0.3 is 0 Å². The third-order valence-electron chi connectivity index (χ3n) is 3.71. The standard InChI is InChI=1S/C14H20BrFN2/c1-10(17)11-5-3-7-18(8-11)9-12-4-2-6-13(16)14(12)15/h2,4,6,10-11H,3,5,7-9,17H2,1H3. The minimum Gasteiger partial charge on any atom is -0.328 e. The predicted octanol–water partition coefficient (Wildman–Crippen LogP) is 3.15. The molecule has 2 nitrogen and oxygen atoms in total. The van der Waals surface area contributed by atoms with Gasteiger partial charge in [-0.05, 0) is 59.8 Å². The second kappa shape index (κ2) is 6.13. The predicted molar refractivity (Wildman–Crippen MR) is 75.8 cm³/mol. The third-order valence-corrected chi connectivity index (χ3v) is 4.60. The van der Waals surface area contributed by atoms with Crippen LogP contribution in [0, 0.1) is 11.7 Å². The minimum atomic E-state index is -0.187. The number of rotatable bonds is 3. The van der Waals surface area contributed by atoms with Gasteiger partial charge in [-0.2, -0.15) is 0 Å². The van der Waals surface area contributed by atoms with E-state index in [4.69, 9.17) is 5.73 Å². The van der Waals surface area contributed by atoms with Crippen LogP contribution in [0.25, 0.3) is 0 Å². The average molecular weight is 315 g/mol. The number of piperidine rings is 1. The normalized spacial score (nSPS) is 23.0. The van der Waals surface area contributed by atoms with Crippen molar-refractivity contribution >= 4 is 15.9 Å². The van der Waals surface area contributed by atoms with Crippen LogP contribution in [0.1, 0.15) is 25.3 Å². The van der Waals surface area contributed by atoms with Crippen molar-refractivity contribution in [3.63, 3.8) is 0 Å². The molecule has 2 N–H and O–H groups in total. The molecule has 1 heterocycles. The zero-order valence-corrected chi connectivity index (χ0v) is 12.3. The number of nitrogens with two attached hydrogens (primary N) is 1. The maximum atomic E-state index is 13.5. The summed E-state index contributed by atoms with van der Waals surface area (Å²) in [5, 5.41) is 0. The van der Waals surface area contributed by atoms with E-state index in [-0.39, 0.29) is 11.9 Å². The SMILES string of the molecule is CC(N)C1CCCN(Cc2cccc(F)c2Br)C1. The van der Waals surface area contributed by atoms with Gasteiger partial charge in [-0.25, -0.2) is 4.39 Å². The largest absolute Gasteiger partial charge is 0.328 e. The summed E-state index contributed by atoms with van der Waals surface area (Å²) in [6.07, 6.45) is 2.39. The van der Waals surface area contributed by atoms with Crippen LogP contribution >= 0.6 is 15.9 Å². The van der Waals surface area contributed by atoms with E-state index in [1.54, 1.807) is 6.07 Å². The molecule has 1 aliphatic rings. The lowest BCUT2D eigenvalue weighted by molar-refractivity contribution is 0.154. The highest BCUT2D eigenvalue weighted by molar-refractivity contribution is 9.10. The quantitative estimate of drug-likeness (QED) is 0.928. The van der Waals surface area contributed by atoms with Crippen molar-refractivity contribution in [2.75, 3.05) is 13.1 Å². The van der Waals surface area contributed by atoms with Crippen molar-refractivity contribution in [3.05, 3.63) is 34.1 Å². The highest BCUT2D eigenvalue weighted by atomic mass is 79.9. The fourth-order valence-electron chi connectivity index (χ4n) is 2.58. The van der Waals surface area contributed by atoms with Crippen molar-refractivity contribution < 1.29 is 4.39 Å². The van der Waals surface area contributed by atoms with Gasteiger partial charge in [0.15, 0.2) is 0 Å². The molecule has 1 fully saturated rings. The summed E-state index contributed by atoms with van der Waals surface area (Å²) in [4.78, 5) is 2.37. The fourth-order valence-corrected chi connectivity index (χ4v) is 2.97. The van der Waals surface area contributed by atoms with Gasteiger partial charge in [0, 0.05) is 19.1 Å². The maximum absolute atomic E-state index is 13.5. The van der Waals surface area contributed by atoms with Crippen LogP contribution < -0.4 is 5.73 Å². The van der Waals surface area contributed by atoms with Gasteiger partial charge in [0.05, 0.1) is 4.47 Å². The summed E-state index contributed by atoms with van der Waals surface area (Å²) < 4.78 is 14.0. The molecule has 1 aromatic carbocycles. The van der Waals surface area contributed by atoms with Crippen LogP contribution in [-0.2, 0) is 6.54 Å². The lowest BCUT2D eigenvalue weighted by Gasteiger charge is -2.34. The molecule has 0 aliphatic carbocycles. The highest BCUT2D eigenvalue weighted by Gasteiger charge is 2.23. The first-order chi connectivity index (χ1) is 8.58. The number of halogens is 2. The molecule has 18 heavy (non-hydrogen) atoms. The van der Waals surface area contributed by atoms with E-state index >= 15 is 0 Å². The summed E-state index contributed by atoms with van der Waals surface area (Å²) in [6, 6.07) is 5.46. The van der Waals surface area contributed by atoms with Crippen LogP contribution in [-0.4, -0.2) is 24.0 Å². The van der Waals surface area contributed by atoms with Gasteiger partial charge < -0.3 is 5.73 Å². The molecule has 0 amide bonds. The van der Waals surface area contributed by atoms with Gasteiger partial charge in [-0.1, -0.05) is 12.1 Å². The van der Waals surface area contributed by atoms with Crippen molar-refractivity contribution in [2.45, 2.75) is 32.4 Å². The number of likely N-dealkylation sites (tertiary alicyclic amines) is 1. The van der Waals surface area contributed by atoms with Gasteiger partial charge in [-0.15, -0.1) is 0 Å². The number of hydrogen-bond acceptors (Lipinski definition) is 2. The van der Waals surface area contributed by atoms with Gasteiger partial charge in [0.25, 0.3) is 0 Å². The molecule has 2 unspecified atom stereocenters. The van der Waals surface area contributed by atoms with Crippen molar-refractivity contribution in [3.8, 4) is 0 Å². The van der Waals surface area contributed by atoms with Crippen LogP contribution in [0.4, 0.5) is 4.39 Å². The van der Waals surface area contributed by atoms with Crippen molar-refractivity contribution in [1.82, 2.24) is 4.90 Å². The number of benzene rings is 1. The summed E-state index contributed by atoms with van der Waals surface area (Å²) in [5.74, 6) is 0.374. The Labute approximate surface area is 116 Å². The first-order valence-corrected chi connectivity index (χ1v) is 7.28. The molecular weight excluding hydrogens is 295 g/mol. The fraction of sp³-hybridized carbons (Fsp3) is 0.571. The van der Waals surface area contributed by atoms with E-state index in [2.05, 4.69) is 27.8 Å². The number of nitrogens with zero attached hydrogens (tertiary/aromatic N) is 1. The van der Waals surface area contributed by atoms with Crippen LogP contribution in [0.3, 0.4) is 0 Å². The van der Waals surface area contributed by atoms with Crippen molar-refractivity contribution in [1.29, 1.82) is 0 Å². The second-order valence-electron chi connectivity index (χ2n) is 5.21. The molecule has 1 aliphatic heterocycles. The molecule has 1 saturated heterocycles. The molecule has 1 aromatic rings. The van der Waals surface area contributed by atoms with Gasteiger partial charge in [-0.3, -0.25) is 4.90 Å². The molecule has 100 valence electrons. The van der Waals surface area contributed by atoms with E-state index in [0.29, 0.717) is 10.4 Å². The molecule has 0 saturated carbocycles. The monoisotopic (exact) mass is 314 g/mol. The Morgan fingerprint density at radius 3 is 3.06 bits per heavy atom. The van der Waals surface area contributed by atoms with E-state index in [0.717, 1.165) is 25.2 Å². The third kappa shape index (κ3) is 3.31. The molecule has 2 atom stereocenters. The zero-order valence-electron chi connectivity index (χ0n) is 10.7. The zero-order chi connectivity index (χ0) is 13.1. The van der Waals surface area contributed by atoms with E-state index in [1.165, 1.54) is 18.9 Å². The summed E-state index contributed by atoms with van der Waals surface area (Å²) >= 11 is 3.32. The van der Waals surface area contributed by atoms with E-state index in [1.807, 2.05) is 6.07 Å². The summed E-state index contributed by atoms with van der Waals surface area (Å²) in [6.45, 7) is 4.96. The molecule has 0 spiro atoms. The van der Waals surface area contributed by atoms with E-state index < -0.39 is 0 Å². The Bertz CT molecular complexity index is 409. The van der Waals surface area contributed by atoms with Gasteiger partial charge in [0.1, 0.15) is 5.82 Å². The molecule has 2 rings (SSSR count). The smallest absolute Gasteiger partial charge is 0.137 e. The van der Waals surface area contributed by atoms with E-state index in [9.17, 15) is 4.39 Å². The Hall–Kier alpha value is -0.450. The molecule has 0 bridgehead atoms. The second-order valence-corrected chi connectivity index (χ2v) is 6.00. The average Bonchev–Trinajstić information content (AvgIpc) is 2.35. The topological polar surface area (TPSA) is 29.3 Å². The first kappa shape index (κ1) is 14.0. The van der Waals surface area contributed by atoms with Crippen LogP contribution in [0.15, 0.2) is 22.7 Å². The molecule has 0 aromatic heterocycles. The van der Waals surface area contributed by atoms with Gasteiger partial charge in [0.2, 0.25) is 0 Å². The summed E-state index contributed by atoms with van der Waals surface area (Å²) in [5.41, 5.74) is 7.00. The molecule has 4 heteroatoms. The minimum absolute atomic E-state index is 0.187. The lowest BCUT2D eigenvalue weighted by Crippen LogP contribution is -2.41. The van der Waals surface area contributed by atoms with Crippen LogP contribution in [0.5, 0.6) is 0 Å². The lowest BCUT2D eigenvalue weighted by atomic mass is 9.92. The molecular formula is C14H20BrFN2. The molecule has 0 radical (unpaired) electrons. The Kier molecular flexibility index (Phi) is 4.76. The summed E-state index contributed by atoms with van der Waals surface area (Å²) in [7, 11) is 0. The number of hydrogen-bond donors (Lipinski definition) is 1. The Morgan fingerprint density at radius 2 is 2.33 bits per heavy atom. The maximum Gasteiger partial charge on any atom is 0.137 e. The highest BCUT2D eigenvalue weighted by Crippen LogP contribution is 2.25. The first-order valence-electron chi connectivity index (χ1n) is 6.48. The van der Waals surface area contributed by atoms with Crippen LogP contribution in [0.2, 0.25) is 0 Å². The van der Waals surface area contributed by atoms with Crippen molar-refractivity contribution in [2.24, 2.45) is 11.7 Å².